The number of carbonyl (C=O) groups is 2. The highest BCUT2D eigenvalue weighted by Crippen LogP contribution is 2.35. The second kappa shape index (κ2) is 21.7. The number of methoxy groups -OCH3 is 1. The SMILES string of the molecule is CNCc1cc(NC(=O)c2cnc(C)c(N3C=C(c4cnn(CCc5ncc(C(=O)Nc6cc(CN(C)CCOC)cc(C(F)(F)F)c6)cc5N5C=C(c6cnn(C)c6C)NN5)c4C)NN3)c2)cc(C(F)(F)F)c1. The molecule has 0 saturated carbocycles. The first-order valence-electron chi connectivity index (χ1n) is 23.1. The number of halogens is 6. The van der Waals surface area contributed by atoms with Gasteiger partial charge in [0.25, 0.3) is 11.8 Å². The van der Waals surface area contributed by atoms with Gasteiger partial charge in [-0.25, -0.2) is 0 Å². The number of pyridine rings is 2. The minimum absolute atomic E-state index is 0.0178. The number of hydrogen-bond acceptors (Lipinski definition) is 15. The van der Waals surface area contributed by atoms with Crippen molar-refractivity contribution in [3.63, 3.8) is 0 Å². The van der Waals surface area contributed by atoms with E-state index in [2.05, 4.69) is 53.1 Å². The summed E-state index contributed by atoms with van der Waals surface area (Å²) in [6.45, 7) is 7.09. The van der Waals surface area contributed by atoms with Gasteiger partial charge in [0.05, 0.1) is 75.4 Å². The van der Waals surface area contributed by atoms with Crippen molar-refractivity contribution in [1.82, 2.24) is 61.7 Å². The summed E-state index contributed by atoms with van der Waals surface area (Å²) in [6, 6.07) is 10.0. The highest BCUT2D eigenvalue weighted by Gasteiger charge is 2.33. The van der Waals surface area contributed by atoms with Crippen LogP contribution in [0.1, 0.15) is 76.9 Å². The Morgan fingerprint density at radius 3 is 1.85 bits per heavy atom. The Balaban J connectivity index is 1.01. The monoisotopic (exact) mass is 1030 g/mol. The molecular formula is C49H54F6N16O3. The number of carbonyl (C=O) groups excluding carboxylic acids is 2. The fourth-order valence-electron chi connectivity index (χ4n) is 8.27. The number of amides is 2. The van der Waals surface area contributed by atoms with Gasteiger partial charge in [-0.15, -0.1) is 11.1 Å². The van der Waals surface area contributed by atoms with Crippen molar-refractivity contribution in [3.8, 4) is 0 Å². The molecule has 4 aromatic heterocycles. The van der Waals surface area contributed by atoms with Crippen LogP contribution in [-0.2, 0) is 50.2 Å². The molecule has 2 aliphatic heterocycles. The van der Waals surface area contributed by atoms with Gasteiger partial charge in [-0.05, 0) is 94.5 Å². The number of nitrogens with zero attached hydrogens (tertiary/aromatic N) is 9. The quantitative estimate of drug-likeness (QED) is 0.0456. The number of aromatic nitrogens is 6. The summed E-state index contributed by atoms with van der Waals surface area (Å²) in [5, 5.41) is 20.4. The van der Waals surface area contributed by atoms with Crippen molar-refractivity contribution < 1.29 is 40.7 Å². The standard InChI is InChI=1S/C49H54F6N16O3/c1-28-44(16-33(21-57-28)46(72)61-37-14-31(20-56-4)12-35(18-37)48(50,51)52)70-26-43(64-65-70)40-24-60-69(30(40)3)9-8-41-45(71-27-42(63-66-71)39-23-59-68(6)29(39)2)17-34(22-58-41)47(73)62-38-15-32(25-67(5)10-11-74-7)13-36(19-38)49(53,54)55/h12-19,21-24,26-27,56,63-66H,8-11,20,25H2,1-7H3,(H,61,72)(H,62,73). The van der Waals surface area contributed by atoms with Gasteiger partial charge in [0, 0.05) is 105 Å². The minimum atomic E-state index is -4.66. The molecule has 7 N–H and O–H groups in total. The molecule has 0 radical (unpaired) electrons. The van der Waals surface area contributed by atoms with Gasteiger partial charge in [0.1, 0.15) is 0 Å². The highest BCUT2D eigenvalue weighted by molar-refractivity contribution is 6.05. The van der Waals surface area contributed by atoms with Crippen LogP contribution in [0, 0.1) is 20.8 Å². The summed E-state index contributed by atoms with van der Waals surface area (Å²) in [5.74, 6) is -1.33. The first kappa shape index (κ1) is 52.5. The van der Waals surface area contributed by atoms with Crippen LogP contribution in [0.3, 0.4) is 0 Å². The van der Waals surface area contributed by atoms with Gasteiger partial charge in [0.2, 0.25) is 0 Å². The average Bonchev–Trinajstić information content (AvgIpc) is 4.18. The van der Waals surface area contributed by atoms with E-state index in [1.807, 2.05) is 25.8 Å². The predicted octanol–water partition coefficient (Wildman–Crippen LogP) is 6.57. The number of nitrogens with one attached hydrogen (secondary N) is 7. The number of anilines is 4. The van der Waals surface area contributed by atoms with E-state index in [4.69, 9.17) is 9.72 Å². The largest absolute Gasteiger partial charge is 0.416 e. The summed E-state index contributed by atoms with van der Waals surface area (Å²) in [7, 11) is 6.73. The van der Waals surface area contributed by atoms with E-state index in [-0.39, 0.29) is 35.6 Å². The molecule has 390 valence electrons. The topological polar surface area (TPSA) is 199 Å². The van der Waals surface area contributed by atoms with Crippen LogP contribution in [0.2, 0.25) is 0 Å². The first-order chi connectivity index (χ1) is 35.2. The molecule has 0 bridgehead atoms. The van der Waals surface area contributed by atoms with Crippen molar-refractivity contribution in [2.45, 2.75) is 59.2 Å². The lowest BCUT2D eigenvalue weighted by molar-refractivity contribution is -0.138. The Morgan fingerprint density at radius 2 is 1.27 bits per heavy atom. The van der Waals surface area contributed by atoms with Crippen LogP contribution in [0.5, 0.6) is 0 Å². The summed E-state index contributed by atoms with van der Waals surface area (Å²) in [5.41, 5.74) is 18.1. The maximum absolute atomic E-state index is 14.1. The second-order valence-corrected chi connectivity index (χ2v) is 17.7. The lowest BCUT2D eigenvalue weighted by Gasteiger charge is -2.20. The van der Waals surface area contributed by atoms with Gasteiger partial charge in [-0.1, -0.05) is 0 Å². The number of alkyl halides is 6. The lowest BCUT2D eigenvalue weighted by atomic mass is 10.1. The Bertz CT molecular complexity index is 3130. The molecule has 2 aliphatic rings. The van der Waals surface area contributed by atoms with Crippen LogP contribution in [0.4, 0.5) is 49.1 Å². The molecule has 6 aromatic rings. The first-order valence-corrected chi connectivity index (χ1v) is 23.1. The van der Waals surface area contributed by atoms with E-state index >= 15 is 0 Å². The Morgan fingerprint density at radius 1 is 0.716 bits per heavy atom. The highest BCUT2D eigenvalue weighted by atomic mass is 19.4. The number of rotatable bonds is 18. The molecule has 2 amide bonds. The predicted molar refractivity (Wildman–Crippen MR) is 265 cm³/mol. The van der Waals surface area contributed by atoms with E-state index in [0.717, 1.165) is 46.8 Å². The fraction of sp³-hybridized carbons (Fsp3) is 0.306. The summed E-state index contributed by atoms with van der Waals surface area (Å²) >= 11 is 0. The molecule has 8 rings (SSSR count). The molecular weight excluding hydrogens is 975 g/mol. The Kier molecular flexibility index (Phi) is 15.4. The average molecular weight is 1030 g/mol. The Labute approximate surface area is 421 Å². The van der Waals surface area contributed by atoms with Gasteiger partial charge in [-0.3, -0.25) is 43.8 Å². The summed E-state index contributed by atoms with van der Waals surface area (Å²) in [6.07, 6.45) is 0.687. The van der Waals surface area contributed by atoms with Crippen LogP contribution < -0.4 is 47.9 Å². The van der Waals surface area contributed by atoms with Crippen LogP contribution in [0.15, 0.2) is 85.7 Å². The van der Waals surface area contributed by atoms with E-state index < -0.39 is 35.3 Å². The lowest BCUT2D eigenvalue weighted by Crippen LogP contribution is -2.37. The zero-order valence-electron chi connectivity index (χ0n) is 41.3. The molecule has 19 nitrogen and oxygen atoms in total. The number of ether oxygens (including phenoxy) is 1. The molecule has 6 heterocycles. The Hall–Kier alpha value is -7.84. The molecule has 0 unspecified atom stereocenters. The molecule has 0 aliphatic carbocycles. The fourth-order valence-corrected chi connectivity index (χ4v) is 8.27. The molecule has 74 heavy (non-hydrogen) atoms. The van der Waals surface area contributed by atoms with E-state index in [1.54, 1.807) is 84.4 Å². The third-order valence-corrected chi connectivity index (χ3v) is 12.3. The van der Waals surface area contributed by atoms with Gasteiger partial charge in [0.15, 0.2) is 0 Å². The van der Waals surface area contributed by atoms with E-state index in [0.29, 0.717) is 71.4 Å². The zero-order valence-corrected chi connectivity index (χ0v) is 41.3. The van der Waals surface area contributed by atoms with E-state index in [9.17, 15) is 35.9 Å². The molecule has 25 heteroatoms. The molecule has 0 atom stereocenters. The molecule has 0 fully saturated rings. The summed E-state index contributed by atoms with van der Waals surface area (Å²) in [4.78, 5) is 38.2. The molecule has 0 spiro atoms. The van der Waals surface area contributed by atoms with Crippen molar-refractivity contribution in [3.05, 3.63) is 153 Å². The van der Waals surface area contributed by atoms with Crippen LogP contribution >= 0.6 is 0 Å². The molecule has 0 saturated heterocycles. The van der Waals surface area contributed by atoms with Crippen LogP contribution in [0.25, 0.3) is 11.4 Å². The van der Waals surface area contributed by atoms with Crippen molar-refractivity contribution in [2.75, 3.05) is 55.0 Å². The third-order valence-electron chi connectivity index (χ3n) is 12.3. The zero-order chi connectivity index (χ0) is 53.1. The van der Waals surface area contributed by atoms with Gasteiger partial charge >= 0.3 is 12.4 Å². The maximum atomic E-state index is 14.1. The maximum Gasteiger partial charge on any atom is 0.416 e. The summed E-state index contributed by atoms with van der Waals surface area (Å²) < 4.78 is 92.0. The van der Waals surface area contributed by atoms with Gasteiger partial charge < -0.3 is 31.5 Å². The minimum Gasteiger partial charge on any atom is -0.383 e. The van der Waals surface area contributed by atoms with Gasteiger partial charge in [-0.2, -0.15) is 36.5 Å². The van der Waals surface area contributed by atoms with Crippen molar-refractivity contribution >= 4 is 46.0 Å². The second-order valence-electron chi connectivity index (χ2n) is 17.7. The smallest absolute Gasteiger partial charge is 0.383 e. The third kappa shape index (κ3) is 12.0. The van der Waals surface area contributed by atoms with Crippen molar-refractivity contribution in [2.24, 2.45) is 7.05 Å². The van der Waals surface area contributed by atoms with Crippen LogP contribution in [-0.4, -0.2) is 80.6 Å². The normalized spacial score (nSPS) is 13.8. The number of benzene rings is 2. The molecule has 2 aromatic carbocycles. The van der Waals surface area contributed by atoms with Crippen molar-refractivity contribution in [1.29, 1.82) is 0 Å². The number of likely N-dealkylation sites (N-methyl/N-ethyl adjacent to an activating group) is 1. The number of hydrogen-bond donors (Lipinski definition) is 7. The van der Waals surface area contributed by atoms with E-state index in [1.165, 1.54) is 24.5 Å². The number of aryl methyl sites for hydroxylation is 4. The number of hydrazine groups is 4.